The summed E-state index contributed by atoms with van der Waals surface area (Å²) < 4.78 is 5.88. The number of carbonyl (C=O) groups is 1. The first-order chi connectivity index (χ1) is 14.9. The van der Waals surface area contributed by atoms with E-state index in [2.05, 4.69) is 26.1 Å². The number of carboxylic acid groups (broad SMARTS) is 1. The molecule has 0 radical (unpaired) electrons. The highest BCUT2D eigenvalue weighted by molar-refractivity contribution is 8.04. The molecule has 1 atom stereocenters. The Hall–Kier alpha value is -1.95. The smallest absolute Gasteiger partial charge is 0.326 e. The molecule has 1 heterocycles. The lowest BCUT2D eigenvalue weighted by atomic mass is 9.78. The predicted molar refractivity (Wildman–Crippen MR) is 129 cm³/mol. The van der Waals surface area contributed by atoms with Gasteiger partial charge in [-0.1, -0.05) is 52.9 Å². The number of nitrogens with one attached hydrogen (secondary N) is 1. The number of aliphatic carboxylic acids is 1. The van der Waals surface area contributed by atoms with Gasteiger partial charge in [-0.2, -0.15) is 0 Å². The van der Waals surface area contributed by atoms with Gasteiger partial charge in [0.25, 0.3) is 0 Å². The van der Waals surface area contributed by atoms with Crippen molar-refractivity contribution in [3.8, 4) is 5.75 Å². The Balaban J connectivity index is 1.61. The zero-order valence-electron chi connectivity index (χ0n) is 19.1. The van der Waals surface area contributed by atoms with Crippen molar-refractivity contribution < 1.29 is 14.6 Å². The molecule has 1 unspecified atom stereocenters. The lowest BCUT2D eigenvalue weighted by molar-refractivity contribution is -0.138. The van der Waals surface area contributed by atoms with Gasteiger partial charge in [-0.25, -0.2) is 4.79 Å². The third kappa shape index (κ3) is 7.03. The zero-order chi connectivity index (χ0) is 22.3. The maximum Gasteiger partial charge on any atom is 0.326 e. The number of rotatable bonds is 10. The molecule has 1 aromatic carbocycles. The molecule has 0 aromatic heterocycles. The summed E-state index contributed by atoms with van der Waals surface area (Å²) in [5, 5.41) is 12.6. The van der Waals surface area contributed by atoms with Gasteiger partial charge in [-0.05, 0) is 48.9 Å². The number of allylic oxidation sites excluding steroid dienone is 2. The average molecular weight is 445 g/mol. The Morgan fingerprint density at radius 1 is 1.16 bits per heavy atom. The molecule has 0 amide bonds. The number of carboxylic acids is 1. The van der Waals surface area contributed by atoms with Crippen molar-refractivity contribution >= 4 is 29.1 Å². The SMILES string of the molecule is CCCCCCCCOc1ccc(/N=C2\CC(C)(C)CC3=C2SCC(C(=O)O)N3)cc1. The van der Waals surface area contributed by atoms with Gasteiger partial charge in [0.15, 0.2) is 0 Å². The van der Waals surface area contributed by atoms with E-state index in [4.69, 9.17) is 9.73 Å². The number of hydrogen-bond acceptors (Lipinski definition) is 5. The first-order valence-electron chi connectivity index (χ1n) is 11.5. The van der Waals surface area contributed by atoms with Crippen LogP contribution in [0.1, 0.15) is 72.1 Å². The number of ether oxygens (including phenoxy) is 1. The van der Waals surface area contributed by atoms with E-state index in [1.807, 2.05) is 24.3 Å². The van der Waals surface area contributed by atoms with Crippen LogP contribution in [0.25, 0.3) is 0 Å². The Labute approximate surface area is 190 Å². The standard InChI is InChI=1S/C25H36N2O3S/c1-4-5-6-7-8-9-14-30-19-12-10-18(11-13-19)26-20-15-25(2,3)16-21-23(20)31-17-22(27-21)24(28)29/h10-13,22,27H,4-9,14-17H2,1-3H3,(H,28,29)/b26-20+. The van der Waals surface area contributed by atoms with Crippen molar-refractivity contribution in [1.29, 1.82) is 0 Å². The summed E-state index contributed by atoms with van der Waals surface area (Å²) in [6.45, 7) is 7.42. The number of nitrogens with zero attached hydrogens (tertiary/aromatic N) is 1. The van der Waals surface area contributed by atoms with E-state index in [0.29, 0.717) is 5.75 Å². The van der Waals surface area contributed by atoms with E-state index < -0.39 is 12.0 Å². The van der Waals surface area contributed by atoms with Crippen LogP contribution in [0.5, 0.6) is 5.75 Å². The molecule has 1 aliphatic heterocycles. The summed E-state index contributed by atoms with van der Waals surface area (Å²) in [7, 11) is 0. The van der Waals surface area contributed by atoms with E-state index in [1.54, 1.807) is 11.8 Å². The number of hydrogen-bond donors (Lipinski definition) is 2. The normalized spacial score (nSPS) is 21.5. The van der Waals surface area contributed by atoms with Crippen LogP contribution >= 0.6 is 11.8 Å². The molecule has 0 spiro atoms. The number of aliphatic imine (C=N–C) groups is 1. The molecule has 1 aromatic rings. The Morgan fingerprint density at radius 3 is 2.58 bits per heavy atom. The second-order valence-corrected chi connectivity index (χ2v) is 10.4. The molecule has 3 rings (SSSR count). The summed E-state index contributed by atoms with van der Waals surface area (Å²) in [5.74, 6) is 0.621. The summed E-state index contributed by atoms with van der Waals surface area (Å²) >= 11 is 1.62. The third-order valence-corrected chi connectivity index (χ3v) is 7.02. The third-order valence-electron chi connectivity index (χ3n) is 5.75. The maximum atomic E-state index is 11.4. The van der Waals surface area contributed by atoms with E-state index in [1.165, 1.54) is 32.1 Å². The first-order valence-corrected chi connectivity index (χ1v) is 12.5. The molecule has 6 heteroatoms. The molecule has 0 saturated carbocycles. The lowest BCUT2D eigenvalue weighted by Crippen LogP contribution is -2.44. The molecule has 0 fully saturated rings. The summed E-state index contributed by atoms with van der Waals surface area (Å²) in [6, 6.07) is 7.47. The van der Waals surface area contributed by atoms with Crippen molar-refractivity contribution in [2.45, 2.75) is 78.2 Å². The molecule has 5 nitrogen and oxygen atoms in total. The number of thioether (sulfide) groups is 1. The summed E-state index contributed by atoms with van der Waals surface area (Å²) in [5.41, 5.74) is 3.03. The van der Waals surface area contributed by atoms with Crippen LogP contribution in [-0.2, 0) is 4.79 Å². The van der Waals surface area contributed by atoms with Gasteiger partial charge in [-0.15, -0.1) is 11.8 Å². The van der Waals surface area contributed by atoms with Crippen molar-refractivity contribution in [3.63, 3.8) is 0 Å². The molecule has 0 saturated heterocycles. The van der Waals surface area contributed by atoms with Gasteiger partial charge in [-0.3, -0.25) is 4.99 Å². The fraction of sp³-hybridized carbons (Fsp3) is 0.600. The van der Waals surface area contributed by atoms with Gasteiger partial charge in [0.2, 0.25) is 0 Å². The van der Waals surface area contributed by atoms with Crippen LogP contribution in [0.3, 0.4) is 0 Å². The lowest BCUT2D eigenvalue weighted by Gasteiger charge is -2.38. The Kier molecular flexibility index (Phi) is 8.47. The molecule has 170 valence electrons. The van der Waals surface area contributed by atoms with Crippen LogP contribution in [0.2, 0.25) is 0 Å². The molecular formula is C25H36N2O3S. The Morgan fingerprint density at radius 2 is 1.87 bits per heavy atom. The molecule has 31 heavy (non-hydrogen) atoms. The van der Waals surface area contributed by atoms with Gasteiger partial charge >= 0.3 is 5.97 Å². The van der Waals surface area contributed by atoms with E-state index in [0.717, 1.165) is 53.6 Å². The van der Waals surface area contributed by atoms with Gasteiger partial charge in [0.1, 0.15) is 11.8 Å². The molecule has 0 bridgehead atoms. The molecular weight excluding hydrogens is 408 g/mol. The van der Waals surface area contributed by atoms with E-state index in [-0.39, 0.29) is 5.41 Å². The minimum absolute atomic E-state index is 0.0474. The first kappa shape index (κ1) is 23.7. The highest BCUT2D eigenvalue weighted by Gasteiger charge is 2.36. The molecule has 1 aliphatic carbocycles. The quantitative estimate of drug-likeness (QED) is 0.413. The van der Waals surface area contributed by atoms with Crippen molar-refractivity contribution in [1.82, 2.24) is 5.32 Å². The van der Waals surface area contributed by atoms with Crippen molar-refractivity contribution in [2.75, 3.05) is 12.4 Å². The number of benzene rings is 1. The summed E-state index contributed by atoms with van der Waals surface area (Å²) in [4.78, 5) is 17.5. The monoisotopic (exact) mass is 444 g/mol. The topological polar surface area (TPSA) is 70.9 Å². The van der Waals surface area contributed by atoms with Crippen LogP contribution in [0.15, 0.2) is 39.9 Å². The highest BCUT2D eigenvalue weighted by atomic mass is 32.2. The van der Waals surface area contributed by atoms with E-state index >= 15 is 0 Å². The van der Waals surface area contributed by atoms with Gasteiger partial charge in [0, 0.05) is 16.4 Å². The van der Waals surface area contributed by atoms with E-state index in [9.17, 15) is 9.90 Å². The van der Waals surface area contributed by atoms with Crippen LogP contribution < -0.4 is 10.1 Å². The zero-order valence-corrected chi connectivity index (χ0v) is 19.9. The fourth-order valence-corrected chi connectivity index (χ4v) is 5.25. The largest absolute Gasteiger partial charge is 0.494 e. The predicted octanol–water partition coefficient (Wildman–Crippen LogP) is 6.32. The number of unbranched alkanes of at least 4 members (excludes halogenated alkanes) is 5. The summed E-state index contributed by atoms with van der Waals surface area (Å²) in [6.07, 6.45) is 9.29. The second-order valence-electron chi connectivity index (χ2n) is 9.34. The fourth-order valence-electron chi connectivity index (χ4n) is 4.10. The van der Waals surface area contributed by atoms with Crippen molar-refractivity contribution in [3.05, 3.63) is 34.9 Å². The highest BCUT2D eigenvalue weighted by Crippen LogP contribution is 2.43. The maximum absolute atomic E-state index is 11.4. The van der Waals surface area contributed by atoms with Crippen LogP contribution in [0.4, 0.5) is 5.69 Å². The Bertz CT molecular complexity index is 815. The van der Waals surface area contributed by atoms with Crippen molar-refractivity contribution in [2.24, 2.45) is 10.4 Å². The molecule has 2 aliphatic rings. The minimum atomic E-state index is -0.794. The van der Waals surface area contributed by atoms with Gasteiger partial charge < -0.3 is 15.2 Å². The van der Waals surface area contributed by atoms with Gasteiger partial charge in [0.05, 0.1) is 18.0 Å². The van der Waals surface area contributed by atoms with Crippen LogP contribution in [-0.4, -0.2) is 35.2 Å². The molecule has 2 N–H and O–H groups in total. The minimum Gasteiger partial charge on any atom is -0.494 e. The van der Waals surface area contributed by atoms with Crippen LogP contribution in [0, 0.1) is 5.41 Å². The second kappa shape index (κ2) is 11.1. The average Bonchev–Trinajstić information content (AvgIpc) is 2.73.